The molecule has 1 spiro atoms. The average Bonchev–Trinajstić information content (AvgIpc) is 2.47. The predicted molar refractivity (Wildman–Crippen MR) is 78.8 cm³/mol. The SMILES string of the molecule is CN1CCC[C@]2(C1)CN(c1cccc(C#N)c1)CCO2. The van der Waals surface area contributed by atoms with E-state index >= 15 is 0 Å². The number of morpholine rings is 1. The summed E-state index contributed by atoms with van der Waals surface area (Å²) < 4.78 is 6.14. The standard InChI is InChI=1S/C16H21N3O/c1-18-7-3-6-16(12-18)13-19(8-9-20-16)15-5-2-4-14(10-15)11-17/h2,4-5,10H,3,6-9,12-13H2,1H3/t16-/m0/s1. The van der Waals surface area contributed by atoms with Gasteiger partial charge in [-0.25, -0.2) is 0 Å². The highest BCUT2D eigenvalue weighted by Gasteiger charge is 2.39. The average molecular weight is 271 g/mol. The lowest BCUT2D eigenvalue weighted by atomic mass is 9.91. The van der Waals surface area contributed by atoms with Crippen molar-refractivity contribution in [1.82, 2.24) is 4.90 Å². The Morgan fingerprint density at radius 1 is 1.30 bits per heavy atom. The number of rotatable bonds is 1. The third-order valence-electron chi connectivity index (χ3n) is 4.32. The van der Waals surface area contributed by atoms with Crippen LogP contribution in [0.2, 0.25) is 0 Å². The van der Waals surface area contributed by atoms with E-state index in [1.807, 2.05) is 18.2 Å². The molecule has 106 valence electrons. The molecule has 2 saturated heterocycles. The van der Waals surface area contributed by atoms with Crippen molar-refractivity contribution in [2.24, 2.45) is 0 Å². The van der Waals surface area contributed by atoms with E-state index in [1.54, 1.807) is 0 Å². The Morgan fingerprint density at radius 2 is 2.20 bits per heavy atom. The molecule has 4 nitrogen and oxygen atoms in total. The Morgan fingerprint density at radius 3 is 3.00 bits per heavy atom. The zero-order valence-corrected chi connectivity index (χ0v) is 12.0. The minimum absolute atomic E-state index is 0.0338. The molecule has 1 atom stereocenters. The van der Waals surface area contributed by atoms with Crippen LogP contribution < -0.4 is 4.90 Å². The molecule has 0 amide bonds. The maximum atomic E-state index is 9.04. The first-order valence-electron chi connectivity index (χ1n) is 7.28. The highest BCUT2D eigenvalue weighted by molar-refractivity contribution is 5.52. The second-order valence-electron chi connectivity index (χ2n) is 5.96. The number of likely N-dealkylation sites (tertiary alicyclic amines) is 1. The van der Waals surface area contributed by atoms with Crippen molar-refractivity contribution in [2.75, 3.05) is 44.7 Å². The highest BCUT2D eigenvalue weighted by Crippen LogP contribution is 2.30. The first-order valence-corrected chi connectivity index (χ1v) is 7.28. The number of piperidine rings is 1. The van der Waals surface area contributed by atoms with Crippen LogP contribution in [0.15, 0.2) is 24.3 Å². The van der Waals surface area contributed by atoms with E-state index in [0.29, 0.717) is 0 Å². The molecule has 3 rings (SSSR count). The smallest absolute Gasteiger partial charge is 0.0992 e. The van der Waals surface area contributed by atoms with Gasteiger partial charge in [-0.05, 0) is 44.6 Å². The van der Waals surface area contributed by atoms with Crippen LogP contribution in [0.4, 0.5) is 5.69 Å². The Bertz CT molecular complexity index is 521. The zero-order valence-electron chi connectivity index (χ0n) is 12.0. The van der Waals surface area contributed by atoms with Crippen molar-refractivity contribution in [3.05, 3.63) is 29.8 Å². The van der Waals surface area contributed by atoms with E-state index in [-0.39, 0.29) is 5.60 Å². The van der Waals surface area contributed by atoms with E-state index in [2.05, 4.69) is 29.0 Å². The highest BCUT2D eigenvalue weighted by atomic mass is 16.5. The van der Waals surface area contributed by atoms with Gasteiger partial charge in [0, 0.05) is 25.3 Å². The van der Waals surface area contributed by atoms with E-state index < -0.39 is 0 Å². The van der Waals surface area contributed by atoms with Crippen LogP contribution in [0.1, 0.15) is 18.4 Å². The van der Waals surface area contributed by atoms with Crippen LogP contribution in [-0.4, -0.2) is 50.3 Å². The second kappa shape index (κ2) is 5.43. The number of nitrogens with zero attached hydrogens (tertiary/aromatic N) is 3. The molecule has 2 aliphatic rings. The van der Waals surface area contributed by atoms with Crippen LogP contribution >= 0.6 is 0 Å². The van der Waals surface area contributed by atoms with E-state index in [0.717, 1.165) is 50.5 Å². The summed E-state index contributed by atoms with van der Waals surface area (Å²) in [5.74, 6) is 0. The Kier molecular flexibility index (Phi) is 3.64. The molecule has 2 aliphatic heterocycles. The number of anilines is 1. The quantitative estimate of drug-likeness (QED) is 0.781. The van der Waals surface area contributed by atoms with Crippen LogP contribution in [-0.2, 0) is 4.74 Å². The van der Waals surface area contributed by atoms with E-state index in [4.69, 9.17) is 10.00 Å². The molecule has 0 N–H and O–H groups in total. The number of hydrogen-bond donors (Lipinski definition) is 0. The topological polar surface area (TPSA) is 39.5 Å². The van der Waals surface area contributed by atoms with Crippen LogP contribution in [0, 0.1) is 11.3 Å². The Hall–Kier alpha value is -1.57. The molecule has 4 heteroatoms. The molecule has 2 heterocycles. The van der Waals surface area contributed by atoms with Gasteiger partial charge in [0.25, 0.3) is 0 Å². The molecule has 2 fully saturated rings. The summed E-state index contributed by atoms with van der Waals surface area (Å²) in [6.07, 6.45) is 2.33. The summed E-state index contributed by atoms with van der Waals surface area (Å²) in [5.41, 5.74) is 1.83. The van der Waals surface area contributed by atoms with Gasteiger partial charge in [0.2, 0.25) is 0 Å². The zero-order chi connectivity index (χ0) is 14.0. The number of ether oxygens (including phenoxy) is 1. The number of benzene rings is 1. The van der Waals surface area contributed by atoms with Crippen molar-refractivity contribution in [2.45, 2.75) is 18.4 Å². The van der Waals surface area contributed by atoms with Gasteiger partial charge >= 0.3 is 0 Å². The van der Waals surface area contributed by atoms with Crippen molar-refractivity contribution in [3.8, 4) is 6.07 Å². The van der Waals surface area contributed by atoms with E-state index in [1.165, 1.54) is 6.42 Å². The third-order valence-corrected chi connectivity index (χ3v) is 4.32. The number of nitriles is 1. The van der Waals surface area contributed by atoms with E-state index in [9.17, 15) is 0 Å². The van der Waals surface area contributed by atoms with Gasteiger partial charge in [0.1, 0.15) is 0 Å². The van der Waals surface area contributed by atoms with Crippen molar-refractivity contribution >= 4 is 5.69 Å². The monoisotopic (exact) mass is 271 g/mol. The predicted octanol–water partition coefficient (Wildman–Crippen LogP) is 1.86. The van der Waals surface area contributed by atoms with Gasteiger partial charge in [-0.1, -0.05) is 6.07 Å². The molecule has 20 heavy (non-hydrogen) atoms. The molecular formula is C16H21N3O. The lowest BCUT2D eigenvalue weighted by molar-refractivity contribution is -0.0926. The van der Waals surface area contributed by atoms with Gasteiger partial charge in [-0.3, -0.25) is 0 Å². The summed E-state index contributed by atoms with van der Waals surface area (Å²) in [6.45, 7) is 4.76. The van der Waals surface area contributed by atoms with Crippen LogP contribution in [0.3, 0.4) is 0 Å². The fraction of sp³-hybridized carbons (Fsp3) is 0.562. The first kappa shape index (κ1) is 13.4. The molecule has 0 bridgehead atoms. The fourth-order valence-electron chi connectivity index (χ4n) is 3.41. The molecule has 0 saturated carbocycles. The van der Waals surface area contributed by atoms with Gasteiger partial charge < -0.3 is 14.5 Å². The number of likely N-dealkylation sites (N-methyl/N-ethyl adjacent to an activating group) is 1. The molecule has 1 aromatic rings. The van der Waals surface area contributed by atoms with Gasteiger partial charge in [0.15, 0.2) is 0 Å². The lowest BCUT2D eigenvalue weighted by Gasteiger charge is -2.48. The number of hydrogen-bond acceptors (Lipinski definition) is 4. The summed E-state index contributed by atoms with van der Waals surface area (Å²) in [7, 11) is 2.17. The molecule has 1 aromatic carbocycles. The molecular weight excluding hydrogens is 250 g/mol. The van der Waals surface area contributed by atoms with Gasteiger partial charge in [-0.2, -0.15) is 5.26 Å². The maximum absolute atomic E-state index is 9.04. The summed E-state index contributed by atoms with van der Waals surface area (Å²) >= 11 is 0. The minimum Gasteiger partial charge on any atom is -0.370 e. The second-order valence-corrected chi connectivity index (χ2v) is 5.96. The summed E-state index contributed by atoms with van der Waals surface area (Å²) in [4.78, 5) is 4.72. The molecule has 0 aliphatic carbocycles. The molecule has 0 unspecified atom stereocenters. The van der Waals surface area contributed by atoms with Crippen LogP contribution in [0.25, 0.3) is 0 Å². The third kappa shape index (κ3) is 2.65. The summed E-state index contributed by atoms with van der Waals surface area (Å²) in [5, 5.41) is 9.04. The Labute approximate surface area is 120 Å². The molecule has 0 aromatic heterocycles. The summed E-state index contributed by atoms with van der Waals surface area (Å²) in [6, 6.07) is 10.1. The van der Waals surface area contributed by atoms with Crippen molar-refractivity contribution < 1.29 is 4.74 Å². The Balaban J connectivity index is 1.79. The fourth-order valence-corrected chi connectivity index (χ4v) is 3.41. The first-order chi connectivity index (χ1) is 9.71. The minimum atomic E-state index is -0.0338. The van der Waals surface area contributed by atoms with Gasteiger partial charge in [-0.15, -0.1) is 0 Å². The largest absolute Gasteiger partial charge is 0.370 e. The van der Waals surface area contributed by atoms with Crippen molar-refractivity contribution in [3.63, 3.8) is 0 Å². The van der Waals surface area contributed by atoms with Gasteiger partial charge in [0.05, 0.1) is 23.8 Å². The van der Waals surface area contributed by atoms with Crippen LogP contribution in [0.5, 0.6) is 0 Å². The normalized spacial score (nSPS) is 27.5. The maximum Gasteiger partial charge on any atom is 0.0992 e. The molecule has 0 radical (unpaired) electrons. The lowest BCUT2D eigenvalue weighted by Crippen LogP contribution is -2.59. The van der Waals surface area contributed by atoms with Crippen molar-refractivity contribution in [1.29, 1.82) is 5.26 Å².